The largest absolute Gasteiger partial charge is 0.396 e. The second kappa shape index (κ2) is 5.82. The first-order valence-corrected chi connectivity index (χ1v) is 6.70. The number of amides is 1. The van der Waals surface area contributed by atoms with E-state index in [2.05, 4.69) is 15.9 Å². The van der Waals surface area contributed by atoms with E-state index in [0.29, 0.717) is 13.0 Å². The highest BCUT2D eigenvalue weighted by Crippen LogP contribution is 2.25. The Kier molecular flexibility index (Phi) is 4.37. The van der Waals surface area contributed by atoms with Crippen LogP contribution in [-0.4, -0.2) is 36.9 Å². The maximum Gasteiger partial charge on any atom is 0.253 e. The molecule has 1 heterocycles. The summed E-state index contributed by atoms with van der Waals surface area (Å²) in [5.74, 6) is -0.0362. The predicted octanol–water partition coefficient (Wildman–Crippen LogP) is 1.87. The molecule has 4 nitrogen and oxygen atoms in total. The summed E-state index contributed by atoms with van der Waals surface area (Å²) in [5.41, 5.74) is 1.97. The van der Waals surface area contributed by atoms with E-state index in [1.807, 2.05) is 25.1 Å². The summed E-state index contributed by atoms with van der Waals surface area (Å²) in [7, 11) is 0. The lowest BCUT2D eigenvalue weighted by Crippen LogP contribution is -2.47. The van der Waals surface area contributed by atoms with Crippen LogP contribution in [0.25, 0.3) is 0 Å². The first-order valence-electron chi connectivity index (χ1n) is 5.91. The van der Waals surface area contributed by atoms with E-state index in [1.165, 1.54) is 0 Å². The number of aliphatic hydroxyl groups is 1. The Morgan fingerprint density at radius 3 is 3.00 bits per heavy atom. The topological polar surface area (TPSA) is 49.8 Å². The molecule has 98 valence electrons. The highest BCUT2D eigenvalue weighted by Gasteiger charge is 2.27. The van der Waals surface area contributed by atoms with Gasteiger partial charge in [0.1, 0.15) is 6.61 Å². The van der Waals surface area contributed by atoms with Gasteiger partial charge in [0.25, 0.3) is 5.91 Å². The number of halogens is 1. The molecule has 0 bridgehead atoms. The van der Waals surface area contributed by atoms with Gasteiger partial charge in [-0.15, -0.1) is 0 Å². The smallest absolute Gasteiger partial charge is 0.253 e. The predicted molar refractivity (Wildman–Crippen MR) is 72.7 cm³/mol. The zero-order chi connectivity index (χ0) is 13.1. The lowest BCUT2D eigenvalue weighted by atomic mass is 10.1. The average Bonchev–Trinajstić information content (AvgIpc) is 2.35. The molecular weight excluding hydrogens is 298 g/mol. The Morgan fingerprint density at radius 1 is 1.56 bits per heavy atom. The molecule has 0 spiro atoms. The Hall–Kier alpha value is -0.910. The molecule has 0 radical (unpaired) electrons. The summed E-state index contributed by atoms with van der Waals surface area (Å²) in [6.45, 7) is 2.65. The van der Waals surface area contributed by atoms with E-state index >= 15 is 0 Å². The number of hydrogen-bond acceptors (Lipinski definition) is 3. The van der Waals surface area contributed by atoms with Crippen LogP contribution in [0.15, 0.2) is 22.7 Å². The van der Waals surface area contributed by atoms with Gasteiger partial charge in [0.15, 0.2) is 0 Å². The van der Waals surface area contributed by atoms with E-state index in [4.69, 9.17) is 9.84 Å². The molecule has 5 heteroatoms. The molecule has 1 amide bonds. The van der Waals surface area contributed by atoms with Gasteiger partial charge in [0.2, 0.25) is 0 Å². The van der Waals surface area contributed by atoms with Crippen molar-refractivity contribution in [2.45, 2.75) is 19.4 Å². The van der Waals surface area contributed by atoms with Crippen molar-refractivity contribution in [3.05, 3.63) is 28.2 Å². The SMILES string of the molecule is Cc1cc(N2CC(CCO)OCC2=O)ccc1Br. The molecule has 1 aliphatic rings. The summed E-state index contributed by atoms with van der Waals surface area (Å²) in [6, 6.07) is 5.83. The van der Waals surface area contributed by atoms with Crippen LogP contribution < -0.4 is 4.90 Å². The fourth-order valence-corrected chi connectivity index (χ4v) is 2.24. The van der Waals surface area contributed by atoms with Crippen molar-refractivity contribution >= 4 is 27.5 Å². The van der Waals surface area contributed by atoms with Gasteiger partial charge in [-0.1, -0.05) is 15.9 Å². The van der Waals surface area contributed by atoms with Gasteiger partial charge in [0.05, 0.1) is 12.6 Å². The normalized spacial score (nSPS) is 20.3. The molecule has 1 aliphatic heterocycles. The van der Waals surface area contributed by atoms with Gasteiger partial charge >= 0.3 is 0 Å². The van der Waals surface area contributed by atoms with Crippen molar-refractivity contribution in [2.24, 2.45) is 0 Å². The summed E-state index contributed by atoms with van der Waals surface area (Å²) >= 11 is 3.44. The van der Waals surface area contributed by atoms with E-state index < -0.39 is 0 Å². The highest BCUT2D eigenvalue weighted by atomic mass is 79.9. The third-order valence-electron chi connectivity index (χ3n) is 3.03. The molecule has 1 aromatic carbocycles. The number of aliphatic hydroxyl groups excluding tert-OH is 1. The third kappa shape index (κ3) is 2.91. The molecule has 0 aliphatic carbocycles. The number of rotatable bonds is 3. The van der Waals surface area contributed by atoms with Crippen LogP contribution in [0.2, 0.25) is 0 Å². The van der Waals surface area contributed by atoms with Crippen molar-refractivity contribution in [3.63, 3.8) is 0 Å². The first kappa shape index (κ1) is 13.5. The second-order valence-electron chi connectivity index (χ2n) is 4.38. The van der Waals surface area contributed by atoms with Gasteiger partial charge in [0, 0.05) is 16.8 Å². The van der Waals surface area contributed by atoms with Crippen LogP contribution >= 0.6 is 15.9 Å². The van der Waals surface area contributed by atoms with Crippen LogP contribution in [0, 0.1) is 6.92 Å². The van der Waals surface area contributed by atoms with Crippen LogP contribution in [0.3, 0.4) is 0 Å². The zero-order valence-electron chi connectivity index (χ0n) is 10.2. The van der Waals surface area contributed by atoms with Crippen molar-refractivity contribution in [1.82, 2.24) is 0 Å². The molecule has 1 N–H and O–H groups in total. The minimum absolute atomic E-state index is 0.0362. The molecule has 0 saturated carbocycles. The van der Waals surface area contributed by atoms with Crippen LogP contribution in [0.1, 0.15) is 12.0 Å². The molecule has 18 heavy (non-hydrogen) atoms. The molecular formula is C13H16BrNO3. The lowest BCUT2D eigenvalue weighted by Gasteiger charge is -2.32. The standard InChI is InChI=1S/C13H16BrNO3/c1-9-6-10(2-3-12(9)14)15-7-11(4-5-16)18-8-13(15)17/h2-3,6,11,16H,4-5,7-8H2,1H3. The number of benzene rings is 1. The Labute approximate surface area is 115 Å². The number of hydrogen-bond donors (Lipinski definition) is 1. The minimum Gasteiger partial charge on any atom is -0.396 e. The summed E-state index contributed by atoms with van der Waals surface area (Å²) in [5, 5.41) is 8.93. The van der Waals surface area contributed by atoms with Gasteiger partial charge < -0.3 is 14.7 Å². The van der Waals surface area contributed by atoms with E-state index in [1.54, 1.807) is 4.90 Å². The molecule has 1 atom stereocenters. The molecule has 1 unspecified atom stereocenters. The van der Waals surface area contributed by atoms with E-state index in [-0.39, 0.29) is 25.2 Å². The Morgan fingerprint density at radius 2 is 2.33 bits per heavy atom. The number of aryl methyl sites for hydroxylation is 1. The Balaban J connectivity index is 2.18. The fourth-order valence-electron chi connectivity index (χ4n) is 1.99. The number of carbonyl (C=O) groups excluding carboxylic acids is 1. The Bertz CT molecular complexity index is 450. The highest BCUT2D eigenvalue weighted by molar-refractivity contribution is 9.10. The maximum absolute atomic E-state index is 11.9. The average molecular weight is 314 g/mol. The second-order valence-corrected chi connectivity index (χ2v) is 5.24. The fraction of sp³-hybridized carbons (Fsp3) is 0.462. The van der Waals surface area contributed by atoms with E-state index in [9.17, 15) is 4.79 Å². The molecule has 1 aromatic rings. The first-order chi connectivity index (χ1) is 8.61. The number of nitrogens with zero attached hydrogens (tertiary/aromatic N) is 1. The van der Waals surface area contributed by atoms with Gasteiger partial charge in [-0.3, -0.25) is 4.79 Å². The van der Waals surface area contributed by atoms with Crippen LogP contribution in [-0.2, 0) is 9.53 Å². The van der Waals surface area contributed by atoms with Crippen molar-refractivity contribution in [3.8, 4) is 0 Å². The maximum atomic E-state index is 11.9. The zero-order valence-corrected chi connectivity index (χ0v) is 11.8. The quantitative estimate of drug-likeness (QED) is 0.927. The van der Waals surface area contributed by atoms with Gasteiger partial charge in [-0.2, -0.15) is 0 Å². The van der Waals surface area contributed by atoms with Gasteiger partial charge in [-0.05, 0) is 37.1 Å². The number of carbonyl (C=O) groups is 1. The monoisotopic (exact) mass is 313 g/mol. The van der Waals surface area contributed by atoms with Crippen LogP contribution in [0.4, 0.5) is 5.69 Å². The summed E-state index contributed by atoms with van der Waals surface area (Å²) < 4.78 is 6.40. The summed E-state index contributed by atoms with van der Waals surface area (Å²) in [4.78, 5) is 13.6. The lowest BCUT2D eigenvalue weighted by molar-refractivity contribution is -0.129. The molecule has 1 fully saturated rings. The van der Waals surface area contributed by atoms with Crippen molar-refractivity contribution in [1.29, 1.82) is 0 Å². The summed E-state index contributed by atoms with van der Waals surface area (Å²) in [6.07, 6.45) is 0.468. The van der Waals surface area contributed by atoms with Crippen molar-refractivity contribution < 1.29 is 14.6 Å². The molecule has 2 rings (SSSR count). The third-order valence-corrected chi connectivity index (χ3v) is 3.92. The number of ether oxygens (including phenoxy) is 1. The number of morpholine rings is 1. The van der Waals surface area contributed by atoms with Crippen molar-refractivity contribution in [2.75, 3.05) is 24.7 Å². The van der Waals surface area contributed by atoms with Gasteiger partial charge in [-0.25, -0.2) is 0 Å². The molecule has 0 aromatic heterocycles. The van der Waals surface area contributed by atoms with Crippen LogP contribution in [0.5, 0.6) is 0 Å². The minimum atomic E-state index is -0.0864. The number of anilines is 1. The van der Waals surface area contributed by atoms with E-state index in [0.717, 1.165) is 15.7 Å². The molecule has 1 saturated heterocycles.